The predicted octanol–water partition coefficient (Wildman–Crippen LogP) is 17.4. The molecule has 0 spiro atoms. The normalized spacial score (nSPS) is 11.1. The van der Waals surface area contributed by atoms with E-state index in [4.69, 9.17) is 0 Å². The van der Waals surface area contributed by atoms with Crippen molar-refractivity contribution < 1.29 is 0 Å². The van der Waals surface area contributed by atoms with Gasteiger partial charge in [-0.2, -0.15) is 0 Å². The molecule has 0 saturated heterocycles. The number of rotatable bonds is 6. The second-order valence-electron chi connectivity index (χ2n) is 16.3. The van der Waals surface area contributed by atoms with Crippen molar-refractivity contribution >= 4 is 60.2 Å². The lowest BCUT2D eigenvalue weighted by Crippen LogP contribution is -2.10. The van der Waals surface area contributed by atoms with Gasteiger partial charge >= 0.3 is 0 Å². The molecule has 0 atom stereocenters. The minimum atomic E-state index is 1.11. The third-order valence-electron chi connectivity index (χ3n) is 12.4. The van der Waals surface area contributed by atoms with Crippen molar-refractivity contribution in [1.82, 2.24) is 0 Å². The molecule has 11 rings (SSSR count). The number of anilines is 3. The van der Waals surface area contributed by atoms with E-state index in [1.807, 2.05) is 0 Å². The molecule has 0 aromatic heterocycles. The lowest BCUT2D eigenvalue weighted by atomic mass is 9.93. The van der Waals surface area contributed by atoms with Gasteiger partial charge in [0.15, 0.2) is 0 Å². The molecule has 0 aliphatic heterocycles. The lowest BCUT2D eigenvalue weighted by molar-refractivity contribution is 1.29. The maximum Gasteiger partial charge on any atom is 0.0468 e. The summed E-state index contributed by atoms with van der Waals surface area (Å²) in [5, 5.41) is 10.3. The zero-order chi connectivity index (χ0) is 42.0. The summed E-state index contributed by atoms with van der Waals surface area (Å²) in [6, 6.07) is 83.4. The zero-order valence-corrected chi connectivity index (χ0v) is 35.4. The monoisotopic (exact) mass is 793 g/mol. The number of nitrogens with zero attached hydrogens (tertiary/aromatic N) is 1. The van der Waals surface area contributed by atoms with Crippen molar-refractivity contribution in [1.29, 1.82) is 0 Å². The van der Waals surface area contributed by atoms with E-state index in [1.54, 1.807) is 0 Å². The van der Waals surface area contributed by atoms with E-state index < -0.39 is 0 Å². The Kier molecular flexibility index (Phi) is 10.4. The first-order valence-corrected chi connectivity index (χ1v) is 21.5. The van der Waals surface area contributed by atoms with Crippen molar-refractivity contribution in [3.8, 4) is 33.4 Å². The largest absolute Gasteiger partial charge is 0.310 e. The van der Waals surface area contributed by atoms with Gasteiger partial charge in [0.25, 0.3) is 0 Å². The summed E-state index contributed by atoms with van der Waals surface area (Å²) in [6.07, 6.45) is 0. The molecule has 0 unspecified atom stereocenters. The van der Waals surface area contributed by atoms with E-state index in [9.17, 15) is 0 Å². The van der Waals surface area contributed by atoms with Crippen LogP contribution in [0.5, 0.6) is 0 Å². The molecule has 0 N–H and O–H groups in total. The van der Waals surface area contributed by atoms with E-state index >= 15 is 0 Å². The summed E-state index contributed by atoms with van der Waals surface area (Å²) in [6.45, 7) is 6.53. The van der Waals surface area contributed by atoms with Crippen molar-refractivity contribution in [3.63, 3.8) is 0 Å². The molecule has 0 aliphatic rings. The zero-order valence-electron chi connectivity index (χ0n) is 35.4. The van der Waals surface area contributed by atoms with Crippen LogP contribution in [0.4, 0.5) is 17.1 Å². The maximum atomic E-state index is 2.38. The van der Waals surface area contributed by atoms with Gasteiger partial charge in [-0.05, 0) is 156 Å². The quantitative estimate of drug-likeness (QED) is 0.152. The van der Waals surface area contributed by atoms with E-state index in [2.05, 4.69) is 256 Å². The van der Waals surface area contributed by atoms with Crippen LogP contribution in [0.3, 0.4) is 0 Å². The molecular weight excluding hydrogens is 747 g/mol. The Morgan fingerprint density at radius 1 is 0.242 bits per heavy atom. The third-order valence-corrected chi connectivity index (χ3v) is 12.4. The van der Waals surface area contributed by atoms with Gasteiger partial charge in [-0.25, -0.2) is 0 Å². The van der Waals surface area contributed by atoms with Crippen LogP contribution >= 0.6 is 0 Å². The molecule has 11 aromatic carbocycles. The van der Waals surface area contributed by atoms with Gasteiger partial charge in [-0.1, -0.05) is 188 Å². The highest BCUT2D eigenvalue weighted by Crippen LogP contribution is 2.42. The molecule has 62 heavy (non-hydrogen) atoms. The van der Waals surface area contributed by atoms with Crippen LogP contribution in [-0.4, -0.2) is 0 Å². The molecule has 296 valence electrons. The summed E-state index contributed by atoms with van der Waals surface area (Å²) in [5.74, 6) is 0. The number of fused-ring (bicyclic) bond motifs is 7. The number of hydrogen-bond donors (Lipinski definition) is 0. The van der Waals surface area contributed by atoms with E-state index in [-0.39, 0.29) is 0 Å². The Hall–Kier alpha value is -7.74. The first-order chi connectivity index (χ1) is 30.5. The van der Waals surface area contributed by atoms with Gasteiger partial charge in [0.05, 0.1) is 0 Å². The van der Waals surface area contributed by atoms with E-state index in [0.717, 1.165) is 17.1 Å². The summed E-state index contributed by atoms with van der Waals surface area (Å²) in [5.41, 5.74) is 14.7. The van der Waals surface area contributed by atoms with Gasteiger partial charge < -0.3 is 4.90 Å². The fourth-order valence-electron chi connectivity index (χ4n) is 9.07. The van der Waals surface area contributed by atoms with Crippen LogP contribution in [0.2, 0.25) is 0 Å². The van der Waals surface area contributed by atoms with Crippen molar-refractivity contribution in [2.45, 2.75) is 20.8 Å². The van der Waals surface area contributed by atoms with Crippen molar-refractivity contribution in [2.24, 2.45) is 0 Å². The SMILES string of the molecule is Cc1cccc2ccccc12.Cc1ccccc1-c1cc(-c2ccc(N(c3ccc(-c4ccccc4)cc3)c3ccc4c5ccccc5c5ccccc5c4c3)cc2)ccc1C. The highest BCUT2D eigenvalue weighted by atomic mass is 15.1. The lowest BCUT2D eigenvalue weighted by Gasteiger charge is -2.27. The molecule has 0 heterocycles. The summed E-state index contributed by atoms with van der Waals surface area (Å²) in [7, 11) is 0. The predicted molar refractivity (Wildman–Crippen MR) is 268 cm³/mol. The second kappa shape index (κ2) is 16.7. The Labute approximate surface area is 364 Å². The standard InChI is InChI=1S/C50H37N.C11H10/c1-34-12-6-7-15-43(34)49-32-39(21-20-35(49)2)38-24-28-41(29-25-38)51(40-26-22-37(23-27-40)36-13-4-3-5-14-36)42-30-31-48-46-18-9-8-16-44(46)45-17-10-11-19-47(45)50(48)33-42;1-9-5-4-7-10-6-2-3-8-11(9)10/h3-33H,1-2H3;2-8H,1H3. The molecule has 0 radical (unpaired) electrons. The molecule has 0 bridgehead atoms. The summed E-state index contributed by atoms with van der Waals surface area (Å²) < 4.78 is 0. The van der Waals surface area contributed by atoms with Crippen LogP contribution < -0.4 is 4.90 Å². The van der Waals surface area contributed by atoms with E-state index in [0.29, 0.717) is 0 Å². The van der Waals surface area contributed by atoms with Crippen LogP contribution in [-0.2, 0) is 0 Å². The first kappa shape index (κ1) is 38.5. The third kappa shape index (κ3) is 7.40. The molecule has 0 fully saturated rings. The highest BCUT2D eigenvalue weighted by molar-refractivity contribution is 6.25. The Morgan fingerprint density at radius 3 is 1.31 bits per heavy atom. The van der Waals surface area contributed by atoms with Crippen molar-refractivity contribution in [3.05, 3.63) is 247 Å². The highest BCUT2D eigenvalue weighted by Gasteiger charge is 2.17. The fourth-order valence-corrected chi connectivity index (χ4v) is 9.07. The van der Waals surface area contributed by atoms with Gasteiger partial charge in [-0.15, -0.1) is 0 Å². The smallest absolute Gasteiger partial charge is 0.0468 e. The molecule has 0 saturated carbocycles. The van der Waals surface area contributed by atoms with Gasteiger partial charge in [0.2, 0.25) is 0 Å². The topological polar surface area (TPSA) is 3.24 Å². The summed E-state index contributed by atoms with van der Waals surface area (Å²) >= 11 is 0. The number of benzene rings is 11. The van der Waals surface area contributed by atoms with Crippen LogP contribution in [0.15, 0.2) is 231 Å². The molecular formula is C61H47N. The van der Waals surface area contributed by atoms with E-state index in [1.165, 1.54) is 93.2 Å². The fraction of sp³-hybridized carbons (Fsp3) is 0.0492. The minimum Gasteiger partial charge on any atom is -0.310 e. The second-order valence-corrected chi connectivity index (χ2v) is 16.3. The average molecular weight is 794 g/mol. The van der Waals surface area contributed by atoms with Gasteiger partial charge in [0, 0.05) is 17.1 Å². The first-order valence-electron chi connectivity index (χ1n) is 21.5. The Bertz CT molecular complexity index is 3320. The number of aryl methyl sites for hydroxylation is 3. The molecule has 1 heteroatoms. The van der Waals surface area contributed by atoms with Gasteiger partial charge in [0.1, 0.15) is 0 Å². The Balaban J connectivity index is 0.000000361. The number of hydrogen-bond acceptors (Lipinski definition) is 1. The molecule has 1 nitrogen and oxygen atoms in total. The van der Waals surface area contributed by atoms with Crippen LogP contribution in [0, 0.1) is 20.8 Å². The molecule has 11 aromatic rings. The maximum absolute atomic E-state index is 2.38. The minimum absolute atomic E-state index is 1.11. The summed E-state index contributed by atoms with van der Waals surface area (Å²) in [4.78, 5) is 2.38. The van der Waals surface area contributed by atoms with Crippen LogP contribution in [0.1, 0.15) is 16.7 Å². The van der Waals surface area contributed by atoms with Gasteiger partial charge in [-0.3, -0.25) is 0 Å². The Morgan fingerprint density at radius 2 is 0.677 bits per heavy atom. The molecule has 0 amide bonds. The van der Waals surface area contributed by atoms with Crippen LogP contribution in [0.25, 0.3) is 76.5 Å². The average Bonchev–Trinajstić information content (AvgIpc) is 3.33. The molecule has 0 aliphatic carbocycles. The van der Waals surface area contributed by atoms with Crippen molar-refractivity contribution in [2.75, 3.05) is 4.90 Å².